The van der Waals surface area contributed by atoms with Crippen LogP contribution in [0.2, 0.25) is 0 Å². The quantitative estimate of drug-likeness (QED) is 0.859. The number of hydrogen-bond donors (Lipinski definition) is 1. The van der Waals surface area contributed by atoms with Crippen LogP contribution in [-0.4, -0.2) is 14.5 Å². The van der Waals surface area contributed by atoms with E-state index < -0.39 is 0 Å². The van der Waals surface area contributed by atoms with Crippen LogP contribution in [0.1, 0.15) is 31.7 Å². The molecule has 2 N–H and O–H groups in total. The van der Waals surface area contributed by atoms with E-state index in [9.17, 15) is 0 Å². The molecule has 1 aliphatic carbocycles. The van der Waals surface area contributed by atoms with E-state index in [0.29, 0.717) is 11.9 Å². The summed E-state index contributed by atoms with van der Waals surface area (Å²) in [5.74, 6) is 0.556. The van der Waals surface area contributed by atoms with Gasteiger partial charge >= 0.3 is 0 Å². The van der Waals surface area contributed by atoms with Crippen molar-refractivity contribution in [3.8, 4) is 11.3 Å². The second-order valence-corrected chi connectivity index (χ2v) is 4.60. The summed E-state index contributed by atoms with van der Waals surface area (Å²) < 4.78 is 2.28. The van der Waals surface area contributed by atoms with Gasteiger partial charge in [0.15, 0.2) is 0 Å². The molecule has 2 heterocycles. The highest BCUT2D eigenvalue weighted by Gasteiger charge is 2.19. The molecule has 2 aromatic heterocycles. The van der Waals surface area contributed by atoms with Crippen molar-refractivity contribution in [1.29, 1.82) is 0 Å². The van der Waals surface area contributed by atoms with Crippen LogP contribution in [0, 0.1) is 0 Å². The highest BCUT2D eigenvalue weighted by atomic mass is 15.1. The fourth-order valence-corrected chi connectivity index (χ4v) is 2.56. The van der Waals surface area contributed by atoms with Crippen molar-refractivity contribution in [1.82, 2.24) is 14.5 Å². The maximum absolute atomic E-state index is 5.61. The predicted molar refractivity (Wildman–Crippen MR) is 67.4 cm³/mol. The molecule has 0 spiro atoms. The van der Waals surface area contributed by atoms with E-state index >= 15 is 0 Å². The van der Waals surface area contributed by atoms with E-state index in [-0.39, 0.29) is 0 Å². The van der Waals surface area contributed by atoms with Crippen molar-refractivity contribution >= 4 is 5.82 Å². The zero-order valence-corrected chi connectivity index (χ0v) is 9.71. The standard InChI is InChI=1S/C13H16N4/c14-13-6-5-10(7-16-13)12-8-15-9-17(12)11-3-1-2-4-11/h5-9,11H,1-4H2,(H2,14,16). The van der Waals surface area contributed by atoms with Crippen LogP contribution in [-0.2, 0) is 0 Å². The SMILES string of the molecule is Nc1ccc(-c2cncn2C2CCCC2)cn1. The fraction of sp³-hybridized carbons (Fsp3) is 0.385. The lowest BCUT2D eigenvalue weighted by Gasteiger charge is -2.14. The molecule has 88 valence electrons. The first kappa shape index (κ1) is 10.3. The van der Waals surface area contributed by atoms with Crippen molar-refractivity contribution in [2.75, 3.05) is 5.73 Å². The smallest absolute Gasteiger partial charge is 0.123 e. The summed E-state index contributed by atoms with van der Waals surface area (Å²) in [4.78, 5) is 8.41. The molecule has 0 aromatic carbocycles. The second kappa shape index (κ2) is 4.20. The van der Waals surface area contributed by atoms with Crippen molar-refractivity contribution in [3.05, 3.63) is 30.9 Å². The average molecular weight is 228 g/mol. The van der Waals surface area contributed by atoms with Gasteiger partial charge in [-0.3, -0.25) is 0 Å². The molecule has 1 saturated carbocycles. The molecular weight excluding hydrogens is 212 g/mol. The molecule has 0 saturated heterocycles. The number of nitrogens with zero attached hydrogens (tertiary/aromatic N) is 3. The van der Waals surface area contributed by atoms with Gasteiger partial charge in [0, 0.05) is 17.8 Å². The molecule has 4 nitrogen and oxygen atoms in total. The van der Waals surface area contributed by atoms with E-state index in [2.05, 4.69) is 14.5 Å². The van der Waals surface area contributed by atoms with E-state index in [1.54, 1.807) is 0 Å². The highest BCUT2D eigenvalue weighted by molar-refractivity contribution is 5.59. The summed E-state index contributed by atoms with van der Waals surface area (Å²) >= 11 is 0. The van der Waals surface area contributed by atoms with Crippen LogP contribution >= 0.6 is 0 Å². The van der Waals surface area contributed by atoms with Crippen LogP contribution < -0.4 is 5.73 Å². The Kier molecular flexibility index (Phi) is 2.55. The van der Waals surface area contributed by atoms with Gasteiger partial charge in [0.25, 0.3) is 0 Å². The molecule has 0 radical (unpaired) electrons. The Hall–Kier alpha value is -1.84. The summed E-state index contributed by atoms with van der Waals surface area (Å²) in [5.41, 5.74) is 7.84. The average Bonchev–Trinajstić information content (AvgIpc) is 3.00. The Morgan fingerprint density at radius 3 is 2.71 bits per heavy atom. The van der Waals surface area contributed by atoms with Gasteiger partial charge in [0.2, 0.25) is 0 Å². The lowest BCUT2D eigenvalue weighted by Crippen LogP contribution is -2.05. The highest BCUT2D eigenvalue weighted by Crippen LogP contribution is 2.33. The number of hydrogen-bond acceptors (Lipinski definition) is 3. The molecule has 0 unspecified atom stereocenters. The van der Waals surface area contributed by atoms with Gasteiger partial charge in [0.1, 0.15) is 5.82 Å². The topological polar surface area (TPSA) is 56.7 Å². The molecule has 17 heavy (non-hydrogen) atoms. The lowest BCUT2D eigenvalue weighted by molar-refractivity contribution is 0.523. The van der Waals surface area contributed by atoms with Crippen molar-refractivity contribution in [2.24, 2.45) is 0 Å². The molecule has 2 aromatic rings. The largest absolute Gasteiger partial charge is 0.384 e. The molecule has 0 bridgehead atoms. The third-order valence-electron chi connectivity index (χ3n) is 3.47. The number of imidazole rings is 1. The van der Waals surface area contributed by atoms with Gasteiger partial charge in [-0.05, 0) is 25.0 Å². The first-order valence-corrected chi connectivity index (χ1v) is 6.08. The maximum Gasteiger partial charge on any atom is 0.123 e. The van der Waals surface area contributed by atoms with Gasteiger partial charge in [-0.2, -0.15) is 0 Å². The number of pyridine rings is 1. The van der Waals surface area contributed by atoms with Crippen molar-refractivity contribution in [3.63, 3.8) is 0 Å². The minimum absolute atomic E-state index is 0.556. The minimum atomic E-state index is 0.556. The summed E-state index contributed by atoms with van der Waals surface area (Å²) in [6, 6.07) is 4.44. The lowest BCUT2D eigenvalue weighted by atomic mass is 10.2. The fourth-order valence-electron chi connectivity index (χ4n) is 2.56. The van der Waals surface area contributed by atoms with E-state index in [0.717, 1.165) is 11.3 Å². The zero-order valence-electron chi connectivity index (χ0n) is 9.71. The van der Waals surface area contributed by atoms with Crippen molar-refractivity contribution < 1.29 is 0 Å². The van der Waals surface area contributed by atoms with E-state index in [1.165, 1.54) is 25.7 Å². The summed E-state index contributed by atoms with van der Waals surface area (Å²) in [6.07, 6.45) is 10.8. The number of rotatable bonds is 2. The first-order valence-electron chi connectivity index (χ1n) is 6.08. The van der Waals surface area contributed by atoms with Crippen molar-refractivity contribution in [2.45, 2.75) is 31.7 Å². The van der Waals surface area contributed by atoms with Crippen LogP contribution in [0.4, 0.5) is 5.82 Å². The van der Waals surface area contributed by atoms with E-state index in [4.69, 9.17) is 5.73 Å². The van der Waals surface area contributed by atoms with Crippen LogP contribution in [0.15, 0.2) is 30.9 Å². The number of anilines is 1. The Labute approximate surface area is 101 Å². The molecule has 0 amide bonds. The molecule has 4 heteroatoms. The third-order valence-corrected chi connectivity index (χ3v) is 3.47. The monoisotopic (exact) mass is 228 g/mol. The molecule has 3 rings (SSSR count). The number of aromatic nitrogens is 3. The number of nitrogen functional groups attached to an aromatic ring is 1. The van der Waals surface area contributed by atoms with Gasteiger partial charge in [-0.25, -0.2) is 9.97 Å². The van der Waals surface area contributed by atoms with Crippen LogP contribution in [0.3, 0.4) is 0 Å². The van der Waals surface area contributed by atoms with Gasteiger partial charge in [0.05, 0.1) is 18.2 Å². The zero-order chi connectivity index (χ0) is 11.7. The molecule has 0 atom stereocenters. The Morgan fingerprint density at radius 2 is 2.00 bits per heavy atom. The molecule has 1 fully saturated rings. The van der Waals surface area contributed by atoms with Gasteiger partial charge in [-0.1, -0.05) is 12.8 Å². The normalized spacial score (nSPS) is 16.5. The van der Waals surface area contributed by atoms with Crippen LogP contribution in [0.25, 0.3) is 11.3 Å². The molecular formula is C13H16N4. The number of nitrogens with two attached hydrogens (primary N) is 1. The molecule has 1 aliphatic rings. The first-order chi connectivity index (χ1) is 8.34. The summed E-state index contributed by atoms with van der Waals surface area (Å²) in [6.45, 7) is 0. The minimum Gasteiger partial charge on any atom is -0.384 e. The van der Waals surface area contributed by atoms with Crippen LogP contribution in [0.5, 0.6) is 0 Å². The third kappa shape index (κ3) is 1.90. The van der Waals surface area contributed by atoms with Gasteiger partial charge in [-0.15, -0.1) is 0 Å². The Morgan fingerprint density at radius 1 is 1.18 bits per heavy atom. The molecule has 0 aliphatic heterocycles. The maximum atomic E-state index is 5.61. The summed E-state index contributed by atoms with van der Waals surface area (Å²) in [7, 11) is 0. The second-order valence-electron chi connectivity index (χ2n) is 4.60. The van der Waals surface area contributed by atoms with E-state index in [1.807, 2.05) is 30.9 Å². The predicted octanol–water partition coefficient (Wildman–Crippen LogP) is 2.64. The summed E-state index contributed by atoms with van der Waals surface area (Å²) in [5, 5.41) is 0. The van der Waals surface area contributed by atoms with Gasteiger partial charge < -0.3 is 10.3 Å². The Bertz CT molecular complexity index is 494. The Balaban J connectivity index is 1.97.